The lowest BCUT2D eigenvalue weighted by Crippen LogP contribution is -2.31. The van der Waals surface area contributed by atoms with Gasteiger partial charge in [-0.1, -0.05) is 13.8 Å². The smallest absolute Gasteiger partial charge is 0.137 e. The minimum Gasteiger partial charge on any atom is -0.370 e. The molecule has 0 atom stereocenters. The number of nitrogens with zero attached hydrogens (tertiary/aromatic N) is 4. The summed E-state index contributed by atoms with van der Waals surface area (Å²) in [4.78, 5) is 13.6. The van der Waals surface area contributed by atoms with Gasteiger partial charge in [0.05, 0.1) is 0 Å². The second-order valence-corrected chi connectivity index (χ2v) is 5.16. The highest BCUT2D eigenvalue weighted by Gasteiger charge is 2.12. The second kappa shape index (κ2) is 9.55. The van der Waals surface area contributed by atoms with E-state index in [1.165, 1.54) is 0 Å². The van der Waals surface area contributed by atoms with E-state index in [0.717, 1.165) is 62.9 Å². The van der Waals surface area contributed by atoms with Crippen LogP contribution in [0.5, 0.6) is 0 Å². The van der Waals surface area contributed by atoms with E-state index in [1.807, 2.05) is 0 Å². The predicted octanol–water partition coefficient (Wildman–Crippen LogP) is 2.78. The Morgan fingerprint density at radius 3 is 2.29 bits per heavy atom. The topological polar surface area (TPSA) is 44.3 Å². The van der Waals surface area contributed by atoms with E-state index in [1.54, 1.807) is 6.33 Å². The molecule has 120 valence electrons. The van der Waals surface area contributed by atoms with Gasteiger partial charge >= 0.3 is 0 Å². The number of aromatic nitrogens is 2. The molecule has 0 aliphatic heterocycles. The van der Waals surface area contributed by atoms with E-state index < -0.39 is 0 Å². The third-order valence-corrected chi connectivity index (χ3v) is 3.88. The molecule has 0 fully saturated rings. The highest BCUT2D eigenvalue weighted by Crippen LogP contribution is 2.22. The summed E-state index contributed by atoms with van der Waals surface area (Å²) in [6, 6.07) is 0. The predicted molar refractivity (Wildman–Crippen MR) is 91.2 cm³/mol. The molecule has 0 saturated heterocycles. The molecule has 0 spiro atoms. The Balaban J connectivity index is 2.69. The Kier molecular flexibility index (Phi) is 8.05. The first-order valence-corrected chi connectivity index (χ1v) is 8.20. The van der Waals surface area contributed by atoms with Crippen LogP contribution in [-0.2, 0) is 0 Å². The van der Waals surface area contributed by atoms with Crippen LogP contribution in [0, 0.1) is 6.92 Å². The maximum absolute atomic E-state index is 4.49. The molecule has 0 aromatic carbocycles. The zero-order valence-electron chi connectivity index (χ0n) is 14.3. The highest BCUT2D eigenvalue weighted by molar-refractivity contribution is 5.57. The first-order valence-electron chi connectivity index (χ1n) is 8.20. The van der Waals surface area contributed by atoms with Gasteiger partial charge in [-0.2, -0.15) is 0 Å². The zero-order valence-corrected chi connectivity index (χ0v) is 14.3. The highest BCUT2D eigenvalue weighted by atomic mass is 15.2. The van der Waals surface area contributed by atoms with Gasteiger partial charge in [0.25, 0.3) is 0 Å². The Morgan fingerprint density at radius 2 is 1.71 bits per heavy atom. The van der Waals surface area contributed by atoms with E-state index in [9.17, 15) is 0 Å². The number of hydrogen-bond acceptors (Lipinski definition) is 5. The summed E-state index contributed by atoms with van der Waals surface area (Å²) in [6.45, 7) is 17.1. The van der Waals surface area contributed by atoms with Gasteiger partial charge in [-0.05, 0) is 46.8 Å². The largest absolute Gasteiger partial charge is 0.370 e. The van der Waals surface area contributed by atoms with Crippen LogP contribution in [0.25, 0.3) is 0 Å². The standard InChI is InChI=1S/C16H31N5/c1-6-17-15-14(5)16(19-13-18-15)21(9-4)12-10-11-20(7-2)8-3/h13H,6-12H2,1-5H3,(H,17,18,19). The van der Waals surface area contributed by atoms with Gasteiger partial charge in [0.15, 0.2) is 0 Å². The van der Waals surface area contributed by atoms with Crippen molar-refractivity contribution in [2.24, 2.45) is 0 Å². The fourth-order valence-electron chi connectivity index (χ4n) is 2.54. The van der Waals surface area contributed by atoms with Crippen LogP contribution in [-0.4, -0.2) is 54.1 Å². The molecule has 0 saturated carbocycles. The van der Waals surface area contributed by atoms with Crippen molar-refractivity contribution in [3.63, 3.8) is 0 Å². The molecule has 5 heteroatoms. The SMILES string of the molecule is CCNc1ncnc(N(CC)CCCN(CC)CC)c1C. The summed E-state index contributed by atoms with van der Waals surface area (Å²) in [6.07, 6.45) is 2.82. The maximum Gasteiger partial charge on any atom is 0.137 e. The number of rotatable bonds is 10. The third kappa shape index (κ3) is 5.16. The van der Waals surface area contributed by atoms with E-state index in [4.69, 9.17) is 0 Å². The molecule has 0 aliphatic rings. The molecule has 0 radical (unpaired) electrons. The molecule has 0 amide bonds. The summed E-state index contributed by atoms with van der Waals surface area (Å²) in [5.41, 5.74) is 1.14. The summed E-state index contributed by atoms with van der Waals surface area (Å²) in [7, 11) is 0. The van der Waals surface area contributed by atoms with Crippen LogP contribution in [0.15, 0.2) is 6.33 Å². The first kappa shape index (κ1) is 17.7. The molecule has 0 aliphatic carbocycles. The van der Waals surface area contributed by atoms with Gasteiger partial charge in [0.1, 0.15) is 18.0 Å². The molecular formula is C16H31N5. The van der Waals surface area contributed by atoms with E-state index in [2.05, 4.69) is 59.7 Å². The average Bonchev–Trinajstić information content (AvgIpc) is 2.51. The van der Waals surface area contributed by atoms with Crippen LogP contribution in [0.3, 0.4) is 0 Å². The van der Waals surface area contributed by atoms with E-state index in [0.29, 0.717) is 0 Å². The molecule has 1 aromatic rings. The quantitative estimate of drug-likeness (QED) is 0.718. The number of nitrogens with one attached hydrogen (secondary N) is 1. The maximum atomic E-state index is 4.49. The Labute approximate surface area is 129 Å². The van der Waals surface area contributed by atoms with Crippen LogP contribution in [0.2, 0.25) is 0 Å². The van der Waals surface area contributed by atoms with E-state index >= 15 is 0 Å². The van der Waals surface area contributed by atoms with Gasteiger partial charge in [0.2, 0.25) is 0 Å². The zero-order chi connectivity index (χ0) is 15.7. The lowest BCUT2D eigenvalue weighted by Gasteiger charge is -2.26. The van der Waals surface area contributed by atoms with Gasteiger partial charge in [-0.25, -0.2) is 9.97 Å². The molecule has 0 bridgehead atoms. The van der Waals surface area contributed by atoms with Crippen LogP contribution in [0.4, 0.5) is 11.6 Å². The van der Waals surface area contributed by atoms with Crippen molar-refractivity contribution in [3.05, 3.63) is 11.9 Å². The van der Waals surface area contributed by atoms with Crippen molar-refractivity contribution >= 4 is 11.6 Å². The Bertz CT molecular complexity index is 404. The molecule has 0 unspecified atom stereocenters. The van der Waals surface area contributed by atoms with Crippen LogP contribution >= 0.6 is 0 Å². The van der Waals surface area contributed by atoms with Crippen LogP contribution < -0.4 is 10.2 Å². The fraction of sp³-hybridized carbons (Fsp3) is 0.750. The summed E-state index contributed by atoms with van der Waals surface area (Å²) >= 11 is 0. The van der Waals surface area contributed by atoms with Gasteiger partial charge in [-0.15, -0.1) is 0 Å². The van der Waals surface area contributed by atoms with Gasteiger partial charge in [-0.3, -0.25) is 0 Å². The third-order valence-electron chi connectivity index (χ3n) is 3.88. The van der Waals surface area contributed by atoms with Gasteiger partial charge < -0.3 is 15.1 Å². The molecule has 21 heavy (non-hydrogen) atoms. The molecule has 1 rings (SSSR count). The minimum absolute atomic E-state index is 0.880. The van der Waals surface area contributed by atoms with Crippen molar-refractivity contribution in [2.45, 2.75) is 41.0 Å². The lowest BCUT2D eigenvalue weighted by molar-refractivity contribution is 0.300. The normalized spacial score (nSPS) is 11.0. The van der Waals surface area contributed by atoms with Crippen molar-refractivity contribution in [1.29, 1.82) is 0 Å². The monoisotopic (exact) mass is 293 g/mol. The van der Waals surface area contributed by atoms with Crippen molar-refractivity contribution < 1.29 is 0 Å². The molecule has 5 nitrogen and oxygen atoms in total. The first-order chi connectivity index (χ1) is 10.2. The van der Waals surface area contributed by atoms with Crippen molar-refractivity contribution in [3.8, 4) is 0 Å². The lowest BCUT2D eigenvalue weighted by atomic mass is 10.2. The molecule has 1 N–H and O–H groups in total. The minimum atomic E-state index is 0.880. The van der Waals surface area contributed by atoms with Crippen molar-refractivity contribution in [1.82, 2.24) is 14.9 Å². The summed E-state index contributed by atoms with van der Waals surface area (Å²) in [5, 5.41) is 3.30. The second-order valence-electron chi connectivity index (χ2n) is 5.16. The average molecular weight is 293 g/mol. The van der Waals surface area contributed by atoms with Gasteiger partial charge in [0, 0.05) is 25.2 Å². The fourth-order valence-corrected chi connectivity index (χ4v) is 2.54. The molecule has 1 aromatic heterocycles. The summed E-state index contributed by atoms with van der Waals surface area (Å²) in [5.74, 6) is 2.01. The van der Waals surface area contributed by atoms with Crippen LogP contribution in [0.1, 0.15) is 39.7 Å². The van der Waals surface area contributed by atoms with E-state index in [-0.39, 0.29) is 0 Å². The summed E-state index contributed by atoms with van der Waals surface area (Å²) < 4.78 is 0. The molecular weight excluding hydrogens is 262 g/mol. The Hall–Kier alpha value is -1.36. The van der Waals surface area contributed by atoms with Crippen molar-refractivity contribution in [2.75, 3.05) is 49.5 Å². The Morgan fingerprint density at radius 1 is 1.00 bits per heavy atom. The number of hydrogen-bond donors (Lipinski definition) is 1. The number of anilines is 2. The molecule has 1 heterocycles.